The highest BCUT2D eigenvalue weighted by Gasteiger charge is 2.10. The number of fused-ring (bicyclic) bond motifs is 3. The van der Waals surface area contributed by atoms with E-state index in [0.717, 1.165) is 107 Å². The molecule has 14 N–H and O–H groups in total. The van der Waals surface area contributed by atoms with Gasteiger partial charge in [0.25, 0.3) is 0 Å². The zero-order chi connectivity index (χ0) is 48.9. The fourth-order valence-electron chi connectivity index (χ4n) is 8.71. The second-order valence-electron chi connectivity index (χ2n) is 18.4. The van der Waals surface area contributed by atoms with Gasteiger partial charge < -0.3 is 40.1 Å². The predicted molar refractivity (Wildman–Crippen MR) is 295 cm³/mol. The first-order valence-corrected chi connectivity index (χ1v) is 26.1. The Balaban J connectivity index is 0.000000223. The molecule has 0 fully saturated rings. The molecule has 0 aliphatic heterocycles. The van der Waals surface area contributed by atoms with E-state index in [1.165, 1.54) is 120 Å². The predicted octanol–water partition coefficient (Wildman–Crippen LogP) is 11.6. The molecule has 3 aromatic carbocycles. The van der Waals surface area contributed by atoms with Gasteiger partial charge in [-0.2, -0.15) is 0 Å². The molecule has 0 amide bonds. The van der Waals surface area contributed by atoms with E-state index in [1.54, 1.807) is 0 Å². The van der Waals surface area contributed by atoms with Gasteiger partial charge in [-0.3, -0.25) is 4.99 Å². The minimum Gasteiger partial charge on any atom is -0.383 e. The number of nitrogens with zero attached hydrogens (tertiary/aromatic N) is 4. The average Bonchev–Trinajstić information content (AvgIpc) is 3.33. The van der Waals surface area contributed by atoms with Gasteiger partial charge in [-0.25, -0.2) is 15.0 Å². The molecule has 370 valence electrons. The molecule has 3 heterocycles. The number of aromatic nitrogens is 3. The SMILES string of the molecule is CCCCCc1cc2c(CCCCN=C(N)N)cccc2nc1N.CCCCCc1cc2cc(CCCCCCN)ccc2nc1N.CCCCCc1cc2cccc(CCCCN)c2nc1N. The number of nitrogen functional groups attached to an aromatic ring is 3. The highest BCUT2D eigenvalue weighted by Crippen LogP contribution is 2.27. The number of pyridine rings is 3. The summed E-state index contributed by atoms with van der Waals surface area (Å²) in [5, 5.41) is 3.66. The number of aliphatic imine (C=N–C) groups is 1. The molecular weight excluding hydrogens is 839 g/mol. The molecule has 3 aromatic heterocycles. The molecule has 0 aliphatic rings. The molecule has 0 radical (unpaired) electrons. The van der Waals surface area contributed by atoms with E-state index in [0.29, 0.717) is 24.0 Å². The smallest absolute Gasteiger partial charge is 0.185 e. The van der Waals surface area contributed by atoms with Gasteiger partial charge in [0, 0.05) is 22.7 Å². The van der Waals surface area contributed by atoms with Crippen LogP contribution in [0.25, 0.3) is 32.7 Å². The number of benzene rings is 3. The van der Waals surface area contributed by atoms with Crippen LogP contribution in [-0.4, -0.2) is 40.5 Å². The Kier molecular flexibility index (Phi) is 25.5. The van der Waals surface area contributed by atoms with Crippen LogP contribution in [0.3, 0.4) is 0 Å². The number of unbranched alkanes of at least 4 members (excludes halogenated alkanes) is 11. The van der Waals surface area contributed by atoms with E-state index >= 15 is 0 Å². The van der Waals surface area contributed by atoms with Crippen LogP contribution in [-0.2, 0) is 38.5 Å². The second-order valence-corrected chi connectivity index (χ2v) is 18.4. The van der Waals surface area contributed by atoms with E-state index in [2.05, 4.69) is 107 Å². The van der Waals surface area contributed by atoms with E-state index in [-0.39, 0.29) is 5.96 Å². The van der Waals surface area contributed by atoms with Crippen molar-refractivity contribution in [1.29, 1.82) is 0 Å². The Bertz CT molecular complexity index is 2410. The third kappa shape index (κ3) is 18.9. The fourth-order valence-corrected chi connectivity index (χ4v) is 8.71. The minimum atomic E-state index is 0.163. The quantitative estimate of drug-likeness (QED) is 0.0147. The van der Waals surface area contributed by atoms with Crippen LogP contribution in [0, 0.1) is 0 Å². The van der Waals surface area contributed by atoms with Crippen LogP contribution < -0.4 is 40.1 Å². The van der Waals surface area contributed by atoms with Crippen molar-refractivity contribution < 1.29 is 0 Å². The van der Waals surface area contributed by atoms with Gasteiger partial charge in [-0.1, -0.05) is 109 Å². The number of para-hydroxylation sites is 1. The van der Waals surface area contributed by atoms with E-state index in [1.807, 2.05) is 6.07 Å². The van der Waals surface area contributed by atoms with Crippen LogP contribution >= 0.6 is 0 Å². The Morgan fingerprint density at radius 3 is 1.59 bits per heavy atom. The number of hydrogen-bond acceptors (Lipinski definition) is 9. The third-order valence-corrected chi connectivity index (χ3v) is 12.7. The largest absolute Gasteiger partial charge is 0.383 e. The van der Waals surface area contributed by atoms with Crippen LogP contribution in [0.15, 0.2) is 77.8 Å². The summed E-state index contributed by atoms with van der Waals surface area (Å²) in [5.41, 5.74) is 50.8. The van der Waals surface area contributed by atoms with Crippen molar-refractivity contribution in [3.05, 3.63) is 106 Å². The third-order valence-electron chi connectivity index (χ3n) is 12.7. The first-order valence-electron chi connectivity index (χ1n) is 26.1. The molecule has 6 aromatic rings. The first kappa shape index (κ1) is 55.1. The summed E-state index contributed by atoms with van der Waals surface area (Å²) in [6.45, 7) is 8.90. The number of anilines is 3. The molecule has 11 heteroatoms. The van der Waals surface area contributed by atoms with Crippen LogP contribution in [0.4, 0.5) is 17.5 Å². The summed E-state index contributed by atoms with van der Waals surface area (Å²) >= 11 is 0. The van der Waals surface area contributed by atoms with Gasteiger partial charge in [0.15, 0.2) is 5.96 Å². The average molecular weight is 926 g/mol. The monoisotopic (exact) mass is 926 g/mol. The molecule has 0 saturated heterocycles. The van der Waals surface area contributed by atoms with Crippen molar-refractivity contribution in [3.63, 3.8) is 0 Å². The zero-order valence-corrected chi connectivity index (χ0v) is 42.1. The van der Waals surface area contributed by atoms with Crippen LogP contribution in [0.1, 0.15) is 163 Å². The maximum Gasteiger partial charge on any atom is 0.185 e. The fraction of sp³-hybridized carbons (Fsp3) is 0.509. The van der Waals surface area contributed by atoms with Gasteiger partial charge in [-0.05, 0) is 179 Å². The van der Waals surface area contributed by atoms with E-state index < -0.39 is 0 Å². The number of hydrogen-bond donors (Lipinski definition) is 7. The lowest BCUT2D eigenvalue weighted by atomic mass is 9.99. The minimum absolute atomic E-state index is 0.163. The molecular formula is C57H87N11. The van der Waals surface area contributed by atoms with Crippen molar-refractivity contribution in [2.45, 2.75) is 168 Å². The first-order chi connectivity index (χ1) is 33.1. The van der Waals surface area contributed by atoms with Gasteiger partial charge in [0.1, 0.15) is 17.5 Å². The van der Waals surface area contributed by atoms with Crippen molar-refractivity contribution in [3.8, 4) is 0 Å². The van der Waals surface area contributed by atoms with Crippen LogP contribution in [0.2, 0.25) is 0 Å². The van der Waals surface area contributed by atoms with Crippen molar-refractivity contribution in [2.24, 2.45) is 27.9 Å². The van der Waals surface area contributed by atoms with Gasteiger partial charge in [-0.15, -0.1) is 0 Å². The summed E-state index contributed by atoms with van der Waals surface area (Å²) in [6.07, 6.45) is 26.2. The van der Waals surface area contributed by atoms with E-state index in [9.17, 15) is 0 Å². The summed E-state index contributed by atoms with van der Waals surface area (Å²) in [7, 11) is 0. The maximum atomic E-state index is 6.16. The molecule has 68 heavy (non-hydrogen) atoms. The number of rotatable bonds is 27. The maximum absolute atomic E-state index is 6.16. The molecule has 0 bridgehead atoms. The lowest BCUT2D eigenvalue weighted by Crippen LogP contribution is -2.22. The van der Waals surface area contributed by atoms with E-state index in [4.69, 9.17) is 40.1 Å². The molecule has 11 nitrogen and oxygen atoms in total. The lowest BCUT2D eigenvalue weighted by Gasteiger charge is -2.10. The number of guanidine groups is 1. The molecule has 0 aliphatic carbocycles. The highest BCUT2D eigenvalue weighted by molar-refractivity contribution is 5.86. The summed E-state index contributed by atoms with van der Waals surface area (Å²) in [5.74, 6) is 2.23. The normalized spacial score (nSPS) is 11.1. The Morgan fingerprint density at radius 1 is 0.441 bits per heavy atom. The van der Waals surface area contributed by atoms with Crippen molar-refractivity contribution in [1.82, 2.24) is 15.0 Å². The highest BCUT2D eigenvalue weighted by atomic mass is 15.0. The number of nitrogens with two attached hydrogens (primary N) is 7. The van der Waals surface area contributed by atoms with Crippen LogP contribution in [0.5, 0.6) is 0 Å². The molecule has 0 saturated carbocycles. The van der Waals surface area contributed by atoms with Gasteiger partial charge in [0.05, 0.1) is 16.6 Å². The molecule has 6 rings (SSSR count). The summed E-state index contributed by atoms with van der Waals surface area (Å²) in [6, 6.07) is 26.0. The van der Waals surface area contributed by atoms with Crippen molar-refractivity contribution >= 4 is 56.1 Å². The number of aryl methyl sites for hydroxylation is 6. The Hall–Kier alpha value is -5.52. The Labute approximate surface area is 408 Å². The lowest BCUT2D eigenvalue weighted by molar-refractivity contribution is 0.647. The Morgan fingerprint density at radius 2 is 0.941 bits per heavy atom. The molecule has 0 atom stereocenters. The molecule has 0 unspecified atom stereocenters. The molecule has 0 spiro atoms. The van der Waals surface area contributed by atoms with Gasteiger partial charge >= 0.3 is 0 Å². The topological polar surface area (TPSA) is 233 Å². The van der Waals surface area contributed by atoms with Crippen molar-refractivity contribution in [2.75, 3.05) is 36.8 Å². The summed E-state index contributed by atoms with van der Waals surface area (Å²) in [4.78, 5) is 17.9. The second kappa shape index (κ2) is 31.5. The van der Waals surface area contributed by atoms with Gasteiger partial charge in [0.2, 0.25) is 0 Å². The zero-order valence-electron chi connectivity index (χ0n) is 42.1. The summed E-state index contributed by atoms with van der Waals surface area (Å²) < 4.78 is 0. The standard InChI is InChI=1S/C20H31N3.C19H29N5.C18H27N3/c1-2-3-6-10-17-15-18-14-16(9-7-4-5-8-13-21)11-12-19(18)23-20(17)22;1-2-3-4-9-15-13-16-14(8-5-6-12-23-19(21)22)10-7-11-17(16)24-18(15)20;1-2-3-4-9-16-13-15-11-7-10-14(8-5-6-12-19)17(15)21-18(16)20/h11-12,14-15H,2-10,13,21H2,1H3,(H2,22,23);7,10-11,13H,2-6,8-9,12H2,1H3,(H2,20,24)(H4,21,22,23);7,10-11,13H,2-6,8-9,12,19H2,1H3,(H2,20,21).